The summed E-state index contributed by atoms with van der Waals surface area (Å²) in [5, 5.41) is 7.40. The van der Waals surface area contributed by atoms with Gasteiger partial charge in [-0.25, -0.2) is 9.97 Å². The van der Waals surface area contributed by atoms with E-state index in [-0.39, 0.29) is 0 Å². The van der Waals surface area contributed by atoms with Crippen molar-refractivity contribution < 1.29 is 0 Å². The fourth-order valence-corrected chi connectivity index (χ4v) is 7.52. The second-order valence-electron chi connectivity index (χ2n) is 10.5. The summed E-state index contributed by atoms with van der Waals surface area (Å²) in [6, 6.07) is 42.3. The minimum atomic E-state index is 0.693. The van der Waals surface area contributed by atoms with Crippen molar-refractivity contribution in [2.45, 2.75) is 0 Å². The molecule has 0 atom stereocenters. The van der Waals surface area contributed by atoms with Gasteiger partial charge in [-0.2, -0.15) is 0 Å². The highest BCUT2D eigenvalue weighted by Gasteiger charge is 2.23. The van der Waals surface area contributed by atoms with Crippen LogP contribution in [0.5, 0.6) is 0 Å². The van der Waals surface area contributed by atoms with Crippen molar-refractivity contribution in [3.8, 4) is 28.5 Å². The van der Waals surface area contributed by atoms with E-state index in [4.69, 9.17) is 9.97 Å². The van der Waals surface area contributed by atoms with E-state index in [1.165, 1.54) is 36.3 Å². The molecule has 0 N–H and O–H groups in total. The summed E-state index contributed by atoms with van der Waals surface area (Å²) in [5.41, 5.74) is 5.09. The predicted octanol–water partition coefficient (Wildman–Crippen LogP) is 9.82. The van der Waals surface area contributed by atoms with E-state index in [9.17, 15) is 0 Å². The number of fused-ring (bicyclic) bond motifs is 10. The molecule has 9 rings (SSSR count). The Morgan fingerprint density at radius 3 is 2.07 bits per heavy atom. The molecule has 0 radical (unpaired) electrons. The molecule has 196 valence electrons. The molecule has 0 fully saturated rings. The number of pyridine rings is 1. The normalized spacial score (nSPS) is 11.8. The maximum atomic E-state index is 5.25. The number of rotatable bonds is 3. The molecular weight excluding hydrogens is 533 g/mol. The van der Waals surface area contributed by atoms with Gasteiger partial charge in [0.1, 0.15) is 5.82 Å². The molecule has 0 aliphatic rings. The molecule has 0 saturated carbocycles. The zero-order chi connectivity index (χ0) is 27.6. The molecule has 0 unspecified atom stereocenters. The first-order valence-electron chi connectivity index (χ1n) is 14.0. The van der Waals surface area contributed by atoms with Gasteiger partial charge in [-0.1, -0.05) is 103 Å². The monoisotopic (exact) mass is 554 g/mol. The van der Waals surface area contributed by atoms with Crippen molar-refractivity contribution in [3.63, 3.8) is 0 Å². The third kappa shape index (κ3) is 3.38. The van der Waals surface area contributed by atoms with Crippen molar-refractivity contribution in [3.05, 3.63) is 134 Å². The Labute approximate surface area is 245 Å². The van der Waals surface area contributed by atoms with Crippen LogP contribution in [0.1, 0.15) is 0 Å². The topological polar surface area (TPSA) is 43.6 Å². The molecule has 0 aliphatic heterocycles. The van der Waals surface area contributed by atoms with E-state index >= 15 is 0 Å². The van der Waals surface area contributed by atoms with Gasteiger partial charge in [0.15, 0.2) is 5.82 Å². The molecule has 5 aromatic carbocycles. The maximum Gasteiger partial charge on any atom is 0.162 e. The Kier molecular flexibility index (Phi) is 5.03. The lowest BCUT2D eigenvalue weighted by Gasteiger charge is -2.13. The van der Waals surface area contributed by atoms with E-state index in [2.05, 4.69) is 107 Å². The van der Waals surface area contributed by atoms with Gasteiger partial charge < -0.3 is 0 Å². The second-order valence-corrected chi connectivity index (χ2v) is 11.5. The zero-order valence-corrected chi connectivity index (χ0v) is 23.2. The van der Waals surface area contributed by atoms with E-state index in [0.29, 0.717) is 5.82 Å². The number of hydrogen-bond acceptors (Lipinski definition) is 4. The van der Waals surface area contributed by atoms with E-state index in [1.54, 1.807) is 0 Å². The van der Waals surface area contributed by atoms with Crippen LogP contribution in [0.3, 0.4) is 0 Å². The van der Waals surface area contributed by atoms with Crippen LogP contribution in [0.4, 0.5) is 0 Å². The van der Waals surface area contributed by atoms with Crippen molar-refractivity contribution in [1.82, 2.24) is 19.5 Å². The highest BCUT2D eigenvalue weighted by molar-refractivity contribution is 7.27. The standard InChI is InChI=1S/C37H22N4S/c1-3-11-23(12-4-1)29-21-32(40-37(39-29)24-13-5-2-6-14-24)41-30-22-38-20-19-27(30)33-25-15-7-8-16-26(25)36-34(35(33)41)28-17-9-10-18-31(28)42-36/h1-22H. The SMILES string of the molecule is c1ccc(-c2cc(-n3c4cnccc4c4c5ccccc5c5sc6ccccc6c5c43)nc(-c3ccccc3)n2)cc1. The Morgan fingerprint density at radius 1 is 0.571 bits per heavy atom. The number of thiophene rings is 1. The molecule has 9 aromatic rings. The van der Waals surface area contributed by atoms with Crippen molar-refractivity contribution in [2.75, 3.05) is 0 Å². The Morgan fingerprint density at radius 2 is 1.26 bits per heavy atom. The molecule has 4 aromatic heterocycles. The van der Waals surface area contributed by atoms with Gasteiger partial charge in [-0.3, -0.25) is 9.55 Å². The van der Waals surface area contributed by atoms with E-state index in [0.717, 1.165) is 39.1 Å². The van der Waals surface area contributed by atoms with Crippen LogP contribution in [-0.4, -0.2) is 19.5 Å². The molecule has 0 amide bonds. The third-order valence-corrected chi connectivity index (χ3v) is 9.29. The second kappa shape index (κ2) is 9.06. The minimum absolute atomic E-state index is 0.693. The first kappa shape index (κ1) is 23.3. The van der Waals surface area contributed by atoms with Crippen LogP contribution in [0.15, 0.2) is 134 Å². The summed E-state index contributed by atoms with van der Waals surface area (Å²) in [6.07, 6.45) is 3.86. The Hall–Kier alpha value is -5.39. The maximum absolute atomic E-state index is 5.25. The van der Waals surface area contributed by atoms with Gasteiger partial charge in [0.05, 0.1) is 22.9 Å². The quantitative estimate of drug-likeness (QED) is 0.218. The fourth-order valence-electron chi connectivity index (χ4n) is 6.27. The molecule has 5 heteroatoms. The number of hydrogen-bond donors (Lipinski definition) is 0. The van der Waals surface area contributed by atoms with Crippen molar-refractivity contribution in [2.24, 2.45) is 0 Å². The molecule has 0 saturated heterocycles. The molecule has 0 aliphatic carbocycles. The van der Waals surface area contributed by atoms with Crippen molar-refractivity contribution >= 4 is 64.1 Å². The largest absolute Gasteiger partial charge is 0.291 e. The first-order valence-corrected chi connectivity index (χ1v) is 14.8. The van der Waals surface area contributed by atoms with Gasteiger partial charge in [0, 0.05) is 59.7 Å². The summed E-state index contributed by atoms with van der Waals surface area (Å²) < 4.78 is 4.88. The molecule has 4 nitrogen and oxygen atoms in total. The van der Waals surface area contributed by atoms with E-state index < -0.39 is 0 Å². The summed E-state index contributed by atoms with van der Waals surface area (Å²) in [4.78, 5) is 14.9. The lowest BCUT2D eigenvalue weighted by molar-refractivity contribution is 1.05. The molecular formula is C37H22N4S. The van der Waals surface area contributed by atoms with Crippen LogP contribution in [-0.2, 0) is 0 Å². The van der Waals surface area contributed by atoms with Gasteiger partial charge >= 0.3 is 0 Å². The van der Waals surface area contributed by atoms with Crippen LogP contribution in [0.2, 0.25) is 0 Å². The minimum Gasteiger partial charge on any atom is -0.291 e. The van der Waals surface area contributed by atoms with Gasteiger partial charge in [-0.05, 0) is 17.5 Å². The van der Waals surface area contributed by atoms with Crippen LogP contribution < -0.4 is 0 Å². The molecule has 0 spiro atoms. The van der Waals surface area contributed by atoms with Crippen LogP contribution in [0, 0.1) is 0 Å². The summed E-state index contributed by atoms with van der Waals surface area (Å²) >= 11 is 1.86. The predicted molar refractivity (Wildman–Crippen MR) is 175 cm³/mol. The average Bonchev–Trinajstić information content (AvgIpc) is 3.62. The molecule has 0 bridgehead atoms. The number of aromatic nitrogens is 4. The Bertz CT molecular complexity index is 2400. The smallest absolute Gasteiger partial charge is 0.162 e. The highest BCUT2D eigenvalue weighted by Crippen LogP contribution is 2.47. The van der Waals surface area contributed by atoms with E-state index in [1.807, 2.05) is 48.0 Å². The Balaban J connectivity index is 1.51. The summed E-state index contributed by atoms with van der Waals surface area (Å²) in [6.45, 7) is 0. The molecule has 4 heterocycles. The number of benzene rings is 5. The lowest BCUT2D eigenvalue weighted by Crippen LogP contribution is -2.03. The molecule has 42 heavy (non-hydrogen) atoms. The van der Waals surface area contributed by atoms with Crippen molar-refractivity contribution in [1.29, 1.82) is 0 Å². The summed E-state index contributed by atoms with van der Waals surface area (Å²) in [5.74, 6) is 1.51. The van der Waals surface area contributed by atoms with Gasteiger partial charge in [0.2, 0.25) is 0 Å². The summed E-state index contributed by atoms with van der Waals surface area (Å²) in [7, 11) is 0. The fraction of sp³-hybridized carbons (Fsp3) is 0. The number of nitrogens with zero attached hydrogens (tertiary/aromatic N) is 4. The van der Waals surface area contributed by atoms with Crippen LogP contribution in [0.25, 0.3) is 81.2 Å². The van der Waals surface area contributed by atoms with Gasteiger partial charge in [-0.15, -0.1) is 11.3 Å². The van der Waals surface area contributed by atoms with Gasteiger partial charge in [0.25, 0.3) is 0 Å². The average molecular weight is 555 g/mol. The third-order valence-electron chi connectivity index (χ3n) is 8.09. The first-order chi connectivity index (χ1) is 20.8. The lowest BCUT2D eigenvalue weighted by atomic mass is 10.00. The van der Waals surface area contributed by atoms with Crippen LogP contribution >= 0.6 is 11.3 Å². The highest BCUT2D eigenvalue weighted by atomic mass is 32.1. The zero-order valence-electron chi connectivity index (χ0n) is 22.4.